The molecule has 12 nitrogen and oxygen atoms in total. The highest BCUT2D eigenvalue weighted by molar-refractivity contribution is 8.00. The molecule has 2 atom stereocenters. The molecule has 2 aliphatic rings. The number of carbonyl (C=O) groups is 4. The Hall–Kier alpha value is -3.06. The molecule has 0 saturated carbocycles. The van der Waals surface area contributed by atoms with Crippen LogP contribution >= 0.6 is 11.8 Å². The first-order valence-corrected chi connectivity index (χ1v) is 9.28. The number of esters is 1. The predicted molar refractivity (Wildman–Crippen MR) is 94.3 cm³/mol. The van der Waals surface area contributed by atoms with E-state index in [0.717, 1.165) is 4.90 Å². The second kappa shape index (κ2) is 8.13. The van der Waals surface area contributed by atoms with E-state index >= 15 is 0 Å². The molecule has 1 saturated heterocycles. The summed E-state index contributed by atoms with van der Waals surface area (Å²) in [5, 5.41) is 14.7. The molecule has 1 fully saturated rings. The van der Waals surface area contributed by atoms with Gasteiger partial charge in [0.15, 0.2) is 6.61 Å². The number of aliphatic carboxylic acids is 1. The second-order valence-corrected chi connectivity index (χ2v) is 7.06. The smallest absolute Gasteiger partial charge is 0.352 e. The molecule has 13 heteroatoms. The summed E-state index contributed by atoms with van der Waals surface area (Å²) in [7, 11) is 1.23. The van der Waals surface area contributed by atoms with E-state index in [0.29, 0.717) is 0 Å². The quantitative estimate of drug-likeness (QED) is 0.308. The molecule has 2 N–H and O–H groups in total. The minimum absolute atomic E-state index is 0.0893. The monoisotopic (exact) mass is 427 g/mol. The first-order chi connectivity index (χ1) is 13.8. The van der Waals surface area contributed by atoms with Crippen molar-refractivity contribution in [3.8, 4) is 5.88 Å². The summed E-state index contributed by atoms with van der Waals surface area (Å²) >= 11 is 1.17. The van der Waals surface area contributed by atoms with Gasteiger partial charge in [0.2, 0.25) is 0 Å². The van der Waals surface area contributed by atoms with E-state index in [1.54, 1.807) is 0 Å². The Balaban J connectivity index is 1.75. The van der Waals surface area contributed by atoms with E-state index in [2.05, 4.69) is 15.0 Å². The summed E-state index contributed by atoms with van der Waals surface area (Å²) < 4.78 is 19.9. The number of nitrogens with one attached hydrogen (secondary N) is 1. The van der Waals surface area contributed by atoms with Crippen LogP contribution in [0.3, 0.4) is 0 Å². The van der Waals surface area contributed by atoms with Gasteiger partial charge in [-0.25, -0.2) is 4.79 Å². The Morgan fingerprint density at radius 2 is 2.24 bits per heavy atom. The number of nitrogens with zero attached hydrogens (tertiary/aromatic N) is 2. The highest BCUT2D eigenvalue weighted by Gasteiger charge is 2.66. The number of fused-ring (bicyclic) bond motifs is 1. The molecule has 0 unspecified atom stereocenters. The zero-order chi connectivity index (χ0) is 21.2. The zero-order valence-electron chi connectivity index (χ0n) is 15.4. The van der Waals surface area contributed by atoms with Crippen LogP contribution in [0.2, 0.25) is 0 Å². The van der Waals surface area contributed by atoms with E-state index in [-0.39, 0.29) is 29.5 Å². The highest BCUT2D eigenvalue weighted by Crippen LogP contribution is 2.46. The van der Waals surface area contributed by atoms with Crippen LogP contribution in [0.4, 0.5) is 0 Å². The van der Waals surface area contributed by atoms with Crippen molar-refractivity contribution in [2.75, 3.05) is 26.1 Å². The fourth-order valence-electron chi connectivity index (χ4n) is 2.90. The third-order valence-electron chi connectivity index (χ3n) is 4.17. The molecular formula is C16H17N3O9S. The number of aromatic nitrogens is 1. The van der Waals surface area contributed by atoms with Crippen LogP contribution in [-0.4, -0.2) is 76.1 Å². The number of β-lactam (4-membered cyclic amide) rings is 1. The molecule has 1 aromatic heterocycles. The van der Waals surface area contributed by atoms with Gasteiger partial charge in [-0.05, 0) is 5.16 Å². The van der Waals surface area contributed by atoms with Gasteiger partial charge < -0.3 is 29.2 Å². The average molecular weight is 427 g/mol. The van der Waals surface area contributed by atoms with Crippen molar-refractivity contribution in [3.63, 3.8) is 0 Å². The van der Waals surface area contributed by atoms with Gasteiger partial charge in [-0.1, -0.05) is 0 Å². The summed E-state index contributed by atoms with van der Waals surface area (Å²) in [5.74, 6) is -3.10. The molecule has 2 aliphatic heterocycles. The summed E-state index contributed by atoms with van der Waals surface area (Å²) in [4.78, 5) is 48.8. The van der Waals surface area contributed by atoms with Gasteiger partial charge in [0, 0.05) is 31.4 Å². The molecular weight excluding hydrogens is 410 g/mol. The first-order valence-electron chi connectivity index (χ1n) is 8.23. The lowest BCUT2D eigenvalue weighted by Gasteiger charge is -2.55. The minimum atomic E-state index is -1.75. The van der Waals surface area contributed by atoms with Gasteiger partial charge in [-0.15, -0.1) is 11.8 Å². The van der Waals surface area contributed by atoms with E-state index in [4.69, 9.17) is 14.2 Å². The lowest BCUT2D eigenvalue weighted by Crippen LogP contribution is -2.81. The first kappa shape index (κ1) is 20.7. The molecule has 1 aromatic rings. The lowest BCUT2D eigenvalue weighted by atomic mass is 9.98. The largest absolute Gasteiger partial charge is 0.477 e. The van der Waals surface area contributed by atoms with Gasteiger partial charge in [0.05, 0.1) is 0 Å². The summed E-state index contributed by atoms with van der Waals surface area (Å²) in [6.45, 7) is 0.487. The number of carboxylic acids is 1. The second-order valence-electron chi connectivity index (χ2n) is 5.99. The molecule has 0 spiro atoms. The van der Waals surface area contributed by atoms with Gasteiger partial charge in [0.1, 0.15) is 23.9 Å². The maximum absolute atomic E-state index is 12.8. The molecule has 3 heterocycles. The van der Waals surface area contributed by atoms with Crippen molar-refractivity contribution in [2.24, 2.45) is 0 Å². The van der Waals surface area contributed by atoms with Crippen molar-refractivity contribution in [2.45, 2.75) is 18.0 Å². The number of thioether (sulfide) groups is 1. The Morgan fingerprint density at radius 3 is 2.83 bits per heavy atom. The standard InChI is InChI=1S/C16H17N3O9S/c1-8(20)26-5-9-7-29-15-16(25-2,14(24)19(15)12(9)13(22)23)17-10(21)6-27-11-3-4-28-18-11/h3-4,15H,5-7H2,1-2H3,(H,17,21)(H,22,23)/t15-,16-/m0/s1. The molecule has 0 aliphatic carbocycles. The predicted octanol–water partition coefficient (Wildman–Crippen LogP) is -0.671. The van der Waals surface area contributed by atoms with Crippen LogP contribution in [0, 0.1) is 0 Å². The number of carbonyl (C=O) groups excluding carboxylic acids is 3. The Labute approximate surface area is 168 Å². The average Bonchev–Trinajstić information content (AvgIpc) is 3.21. The van der Waals surface area contributed by atoms with Crippen molar-refractivity contribution in [1.82, 2.24) is 15.4 Å². The third-order valence-corrected chi connectivity index (χ3v) is 5.55. The van der Waals surface area contributed by atoms with Gasteiger partial charge >= 0.3 is 11.9 Å². The van der Waals surface area contributed by atoms with E-state index in [1.807, 2.05) is 0 Å². The fraction of sp³-hybridized carbons (Fsp3) is 0.438. The Morgan fingerprint density at radius 1 is 1.48 bits per heavy atom. The molecule has 0 bridgehead atoms. The van der Waals surface area contributed by atoms with Crippen molar-refractivity contribution < 1.29 is 43.0 Å². The van der Waals surface area contributed by atoms with E-state index in [1.165, 1.54) is 38.1 Å². The normalized spacial score (nSPS) is 23.2. The van der Waals surface area contributed by atoms with Crippen LogP contribution in [0.15, 0.2) is 28.1 Å². The minimum Gasteiger partial charge on any atom is -0.477 e. The lowest BCUT2D eigenvalue weighted by molar-refractivity contribution is -0.193. The van der Waals surface area contributed by atoms with Gasteiger partial charge in [-0.2, -0.15) is 0 Å². The van der Waals surface area contributed by atoms with Crippen molar-refractivity contribution in [3.05, 3.63) is 23.6 Å². The van der Waals surface area contributed by atoms with Crippen LogP contribution in [0.1, 0.15) is 6.92 Å². The summed E-state index contributed by atoms with van der Waals surface area (Å²) in [6, 6.07) is 1.40. The number of methoxy groups -OCH3 is 1. The van der Waals surface area contributed by atoms with Gasteiger partial charge in [-0.3, -0.25) is 19.3 Å². The van der Waals surface area contributed by atoms with Crippen LogP contribution < -0.4 is 10.1 Å². The number of carboxylic acid groups (broad SMARTS) is 1. The molecule has 3 rings (SSSR count). The number of amides is 2. The Kier molecular flexibility index (Phi) is 5.79. The van der Waals surface area contributed by atoms with Crippen LogP contribution in [0.25, 0.3) is 0 Å². The number of hydrogen-bond acceptors (Lipinski definition) is 10. The number of rotatable bonds is 8. The molecule has 2 amide bonds. The third kappa shape index (κ3) is 3.78. The van der Waals surface area contributed by atoms with Crippen LogP contribution in [0.5, 0.6) is 5.88 Å². The summed E-state index contributed by atoms with van der Waals surface area (Å²) in [5.41, 5.74) is -1.77. The van der Waals surface area contributed by atoms with Crippen molar-refractivity contribution >= 4 is 35.5 Å². The number of ether oxygens (including phenoxy) is 3. The molecule has 29 heavy (non-hydrogen) atoms. The van der Waals surface area contributed by atoms with E-state index < -0.39 is 41.5 Å². The topological polar surface area (TPSA) is 157 Å². The maximum atomic E-state index is 12.8. The maximum Gasteiger partial charge on any atom is 0.352 e. The molecule has 0 radical (unpaired) electrons. The molecule has 0 aromatic carbocycles. The van der Waals surface area contributed by atoms with Crippen LogP contribution in [-0.2, 0) is 28.7 Å². The summed E-state index contributed by atoms with van der Waals surface area (Å²) in [6.07, 6.45) is 1.27. The van der Waals surface area contributed by atoms with Crippen molar-refractivity contribution in [1.29, 1.82) is 0 Å². The fourth-order valence-corrected chi connectivity index (χ4v) is 4.32. The number of hydrogen-bond donors (Lipinski definition) is 2. The SMILES string of the molecule is CO[C@@]1(NC(=O)COc2ccon2)C(=O)N2C(C(=O)O)=C(COC(C)=O)CS[C@H]21. The Bertz CT molecular complexity index is 869. The molecule has 156 valence electrons. The van der Waals surface area contributed by atoms with E-state index in [9.17, 15) is 24.3 Å². The van der Waals surface area contributed by atoms with Gasteiger partial charge in [0.25, 0.3) is 23.4 Å². The highest BCUT2D eigenvalue weighted by atomic mass is 32.2. The zero-order valence-corrected chi connectivity index (χ0v) is 16.2.